The molecule has 2 aromatic carbocycles. The zero-order valence-corrected chi connectivity index (χ0v) is 15.4. The number of nitrogens with one attached hydrogen (secondary N) is 2. The molecule has 152 valence electrons. The van der Waals surface area contributed by atoms with E-state index in [9.17, 15) is 19.2 Å². The first-order valence-electron chi connectivity index (χ1n) is 8.73. The van der Waals surface area contributed by atoms with Crippen molar-refractivity contribution in [2.45, 2.75) is 25.7 Å². The van der Waals surface area contributed by atoms with E-state index in [1.807, 2.05) is 0 Å². The summed E-state index contributed by atoms with van der Waals surface area (Å²) in [6, 6.07) is 13.1. The van der Waals surface area contributed by atoms with E-state index in [1.165, 1.54) is 0 Å². The number of carboxylic acids is 2. The van der Waals surface area contributed by atoms with Gasteiger partial charge in [-0.15, -0.1) is 0 Å². The number of rotatable bonds is 10. The summed E-state index contributed by atoms with van der Waals surface area (Å²) in [5, 5.41) is 22.3. The van der Waals surface area contributed by atoms with Gasteiger partial charge in [-0.1, -0.05) is 0 Å². The topological polar surface area (TPSA) is 142 Å². The van der Waals surface area contributed by atoms with E-state index in [1.54, 1.807) is 48.5 Å². The molecule has 0 aliphatic heterocycles. The van der Waals surface area contributed by atoms with Crippen LogP contribution in [0.2, 0.25) is 0 Å². The zero-order chi connectivity index (χ0) is 21.2. The number of hydrogen-bond acceptors (Lipinski definition) is 5. The maximum absolute atomic E-state index is 11.6. The van der Waals surface area contributed by atoms with Crippen LogP contribution in [-0.4, -0.2) is 34.0 Å². The molecule has 0 atom stereocenters. The van der Waals surface area contributed by atoms with Crippen molar-refractivity contribution in [3.8, 4) is 11.5 Å². The second kappa shape index (κ2) is 10.5. The van der Waals surface area contributed by atoms with Crippen molar-refractivity contribution >= 4 is 35.1 Å². The smallest absolute Gasteiger partial charge is 0.303 e. The number of anilines is 2. The SMILES string of the molecule is O=C(O)CCC(=O)Nc1ccc(Oc2ccc(NC(=O)CCC(=O)O)cc2)cc1. The highest BCUT2D eigenvalue weighted by atomic mass is 16.5. The molecule has 2 rings (SSSR count). The number of hydrogen-bond donors (Lipinski definition) is 4. The van der Waals surface area contributed by atoms with Gasteiger partial charge in [0.2, 0.25) is 11.8 Å². The molecule has 0 aliphatic rings. The van der Waals surface area contributed by atoms with Crippen molar-refractivity contribution < 1.29 is 34.1 Å². The van der Waals surface area contributed by atoms with Gasteiger partial charge in [-0.05, 0) is 48.5 Å². The summed E-state index contributed by atoms with van der Waals surface area (Å²) >= 11 is 0. The Balaban J connectivity index is 1.85. The minimum atomic E-state index is -1.03. The van der Waals surface area contributed by atoms with Crippen molar-refractivity contribution in [3.63, 3.8) is 0 Å². The Morgan fingerprint density at radius 1 is 0.621 bits per heavy atom. The minimum absolute atomic E-state index is 0.104. The van der Waals surface area contributed by atoms with Gasteiger partial charge in [0.25, 0.3) is 0 Å². The molecule has 0 fully saturated rings. The highest BCUT2D eigenvalue weighted by molar-refractivity contribution is 5.93. The van der Waals surface area contributed by atoms with Crippen molar-refractivity contribution in [1.82, 2.24) is 0 Å². The summed E-state index contributed by atoms with van der Waals surface area (Å²) < 4.78 is 5.68. The van der Waals surface area contributed by atoms with Gasteiger partial charge in [-0.3, -0.25) is 19.2 Å². The molecular formula is C20H20N2O7. The van der Waals surface area contributed by atoms with E-state index in [-0.39, 0.29) is 37.5 Å². The number of ether oxygens (including phenoxy) is 1. The fourth-order valence-corrected chi connectivity index (χ4v) is 2.24. The van der Waals surface area contributed by atoms with Gasteiger partial charge in [0.1, 0.15) is 11.5 Å². The molecule has 0 saturated heterocycles. The van der Waals surface area contributed by atoms with Crippen LogP contribution in [0.25, 0.3) is 0 Å². The van der Waals surface area contributed by atoms with Crippen LogP contribution in [0, 0.1) is 0 Å². The van der Waals surface area contributed by atoms with E-state index < -0.39 is 11.9 Å². The van der Waals surface area contributed by atoms with Gasteiger partial charge in [0.05, 0.1) is 12.8 Å². The van der Waals surface area contributed by atoms with E-state index in [4.69, 9.17) is 14.9 Å². The molecule has 2 amide bonds. The van der Waals surface area contributed by atoms with Crippen LogP contribution in [0.4, 0.5) is 11.4 Å². The molecule has 0 unspecified atom stereocenters. The second-order valence-electron chi connectivity index (χ2n) is 6.03. The predicted octanol–water partition coefficient (Wildman–Crippen LogP) is 3.09. The molecule has 0 bridgehead atoms. The second-order valence-corrected chi connectivity index (χ2v) is 6.03. The van der Waals surface area contributed by atoms with Crippen molar-refractivity contribution in [2.24, 2.45) is 0 Å². The Morgan fingerprint density at radius 2 is 0.966 bits per heavy atom. The molecular weight excluding hydrogens is 380 g/mol. The van der Waals surface area contributed by atoms with Gasteiger partial charge in [-0.2, -0.15) is 0 Å². The monoisotopic (exact) mass is 400 g/mol. The predicted molar refractivity (Wildman–Crippen MR) is 104 cm³/mol. The molecule has 0 saturated carbocycles. The Bertz CT molecular complexity index is 803. The zero-order valence-electron chi connectivity index (χ0n) is 15.4. The first-order chi connectivity index (χ1) is 13.8. The number of amides is 2. The van der Waals surface area contributed by atoms with Crippen LogP contribution in [0.15, 0.2) is 48.5 Å². The van der Waals surface area contributed by atoms with Gasteiger partial charge in [0, 0.05) is 24.2 Å². The third kappa shape index (κ3) is 8.12. The third-order valence-electron chi connectivity index (χ3n) is 3.64. The normalized spacial score (nSPS) is 10.1. The molecule has 0 spiro atoms. The Morgan fingerprint density at radius 3 is 1.28 bits per heavy atom. The first-order valence-corrected chi connectivity index (χ1v) is 8.73. The van der Waals surface area contributed by atoms with Crippen molar-refractivity contribution in [3.05, 3.63) is 48.5 Å². The third-order valence-corrected chi connectivity index (χ3v) is 3.64. The van der Waals surface area contributed by atoms with Crippen LogP contribution in [0.5, 0.6) is 11.5 Å². The fraction of sp³-hybridized carbons (Fsp3) is 0.200. The average molecular weight is 400 g/mol. The van der Waals surface area contributed by atoms with Crippen LogP contribution in [-0.2, 0) is 19.2 Å². The molecule has 29 heavy (non-hydrogen) atoms. The van der Waals surface area contributed by atoms with Crippen LogP contribution in [0.3, 0.4) is 0 Å². The lowest BCUT2D eigenvalue weighted by atomic mass is 10.2. The van der Waals surface area contributed by atoms with E-state index in [0.29, 0.717) is 22.9 Å². The molecule has 0 heterocycles. The van der Waals surface area contributed by atoms with Crippen LogP contribution in [0.1, 0.15) is 25.7 Å². The number of carbonyl (C=O) groups is 4. The summed E-state index contributed by atoms with van der Waals surface area (Å²) in [7, 11) is 0. The molecule has 0 radical (unpaired) electrons. The number of carbonyl (C=O) groups excluding carboxylic acids is 2. The molecule has 2 aromatic rings. The van der Waals surface area contributed by atoms with Crippen molar-refractivity contribution in [2.75, 3.05) is 10.6 Å². The summed E-state index contributed by atoms with van der Waals surface area (Å²) in [6.45, 7) is 0. The minimum Gasteiger partial charge on any atom is -0.481 e. The largest absolute Gasteiger partial charge is 0.481 e. The van der Waals surface area contributed by atoms with E-state index >= 15 is 0 Å². The summed E-state index contributed by atoms with van der Waals surface area (Å²) in [4.78, 5) is 44.1. The van der Waals surface area contributed by atoms with Crippen LogP contribution >= 0.6 is 0 Å². The van der Waals surface area contributed by atoms with Gasteiger partial charge in [-0.25, -0.2) is 0 Å². The lowest BCUT2D eigenvalue weighted by molar-refractivity contribution is -0.138. The molecule has 0 aromatic heterocycles. The number of carboxylic acid groups (broad SMARTS) is 2. The van der Waals surface area contributed by atoms with E-state index in [0.717, 1.165) is 0 Å². The molecule has 0 aliphatic carbocycles. The molecule has 4 N–H and O–H groups in total. The lowest BCUT2D eigenvalue weighted by Gasteiger charge is -2.09. The van der Waals surface area contributed by atoms with Gasteiger partial charge < -0.3 is 25.6 Å². The number of aliphatic carboxylic acids is 2. The molecule has 9 nitrogen and oxygen atoms in total. The van der Waals surface area contributed by atoms with Gasteiger partial charge >= 0.3 is 11.9 Å². The van der Waals surface area contributed by atoms with Gasteiger partial charge in [0.15, 0.2) is 0 Å². The standard InChI is InChI=1S/C20H20N2O7/c23-17(9-11-19(25)26)21-13-1-5-15(6-2-13)29-16-7-3-14(4-8-16)22-18(24)10-12-20(27)28/h1-8H,9-12H2,(H,21,23)(H,22,24)(H,25,26)(H,27,28). The Kier molecular flexibility index (Phi) is 7.72. The summed E-state index contributed by atoms with van der Waals surface area (Å²) in [6.07, 6.45) is -0.675. The Labute approximate surface area is 166 Å². The maximum atomic E-state index is 11.6. The quantitative estimate of drug-likeness (QED) is 0.480. The molecule has 9 heteroatoms. The lowest BCUT2D eigenvalue weighted by Crippen LogP contribution is -2.13. The number of benzene rings is 2. The highest BCUT2D eigenvalue weighted by Gasteiger charge is 2.07. The Hall–Kier alpha value is -3.88. The van der Waals surface area contributed by atoms with Crippen LogP contribution < -0.4 is 15.4 Å². The fourth-order valence-electron chi connectivity index (χ4n) is 2.24. The summed E-state index contributed by atoms with van der Waals surface area (Å²) in [5.74, 6) is -1.80. The first kappa shape index (κ1) is 21.4. The highest BCUT2D eigenvalue weighted by Crippen LogP contribution is 2.24. The average Bonchev–Trinajstić information content (AvgIpc) is 2.68. The summed E-state index contributed by atoms with van der Waals surface area (Å²) in [5.41, 5.74) is 1.04. The van der Waals surface area contributed by atoms with E-state index in [2.05, 4.69) is 10.6 Å². The van der Waals surface area contributed by atoms with Crippen molar-refractivity contribution in [1.29, 1.82) is 0 Å². The maximum Gasteiger partial charge on any atom is 0.303 e.